The van der Waals surface area contributed by atoms with Crippen LogP contribution in [0, 0.1) is 21.4 Å². The van der Waals surface area contributed by atoms with Crippen molar-refractivity contribution in [3.8, 4) is 29.1 Å². The standard InChI is InChI=1S/C21H11F4N5O6/c22-20(23)21(24,25)36-19-8-13(1-4-18(19)35-20)29(11-31)28-16-3-2-14(9-17(16)30(32)33)34-15-5-6-27-12(7-15)10-26/h1-9,11,28H. The third kappa shape index (κ3) is 4.59. The zero-order valence-corrected chi connectivity index (χ0v) is 17.5. The molecular weight excluding hydrogens is 494 g/mol. The molecule has 0 unspecified atom stereocenters. The third-order valence-corrected chi connectivity index (χ3v) is 4.61. The van der Waals surface area contributed by atoms with E-state index in [1.807, 2.05) is 6.07 Å². The maximum absolute atomic E-state index is 13.5. The zero-order valence-electron chi connectivity index (χ0n) is 17.5. The number of nitrogens with zero attached hydrogens (tertiary/aromatic N) is 4. The number of fused-ring (bicyclic) bond motifs is 1. The maximum Gasteiger partial charge on any atom is 0.507 e. The zero-order chi connectivity index (χ0) is 26.1. The van der Waals surface area contributed by atoms with Gasteiger partial charge in [0.1, 0.15) is 28.9 Å². The molecular formula is C21H11F4N5O6. The largest absolute Gasteiger partial charge is 0.507 e. The molecule has 1 N–H and O–H groups in total. The quantitative estimate of drug-likeness (QED) is 0.211. The summed E-state index contributed by atoms with van der Waals surface area (Å²) in [6.45, 7) is 0. The number of amides is 1. The summed E-state index contributed by atoms with van der Waals surface area (Å²) in [4.78, 5) is 26.3. The number of nitro groups is 1. The Morgan fingerprint density at radius 2 is 1.75 bits per heavy atom. The monoisotopic (exact) mass is 505 g/mol. The number of nitriles is 1. The molecule has 15 heteroatoms. The number of hydrazine groups is 1. The number of carbonyl (C=O) groups is 1. The van der Waals surface area contributed by atoms with E-state index < -0.39 is 34.3 Å². The van der Waals surface area contributed by atoms with Crippen molar-refractivity contribution in [2.75, 3.05) is 10.4 Å². The first-order valence-electron chi connectivity index (χ1n) is 9.64. The number of alkyl halides is 4. The van der Waals surface area contributed by atoms with Gasteiger partial charge in [-0.3, -0.25) is 20.3 Å². The average Bonchev–Trinajstić information content (AvgIpc) is 2.83. The summed E-state index contributed by atoms with van der Waals surface area (Å²) in [5, 5.41) is 21.2. The Morgan fingerprint density at radius 3 is 2.42 bits per heavy atom. The highest BCUT2D eigenvalue weighted by atomic mass is 19.3. The van der Waals surface area contributed by atoms with Crippen LogP contribution >= 0.6 is 0 Å². The van der Waals surface area contributed by atoms with Gasteiger partial charge >= 0.3 is 12.2 Å². The molecule has 0 aliphatic carbocycles. The van der Waals surface area contributed by atoms with Gasteiger partial charge in [-0.25, -0.2) is 9.99 Å². The fourth-order valence-electron chi connectivity index (χ4n) is 2.98. The van der Waals surface area contributed by atoms with Gasteiger partial charge in [0.25, 0.3) is 5.69 Å². The fraction of sp³-hybridized carbons (Fsp3) is 0.0952. The molecule has 184 valence electrons. The van der Waals surface area contributed by atoms with Crippen LogP contribution in [0.15, 0.2) is 54.7 Å². The predicted octanol–water partition coefficient (Wildman–Crippen LogP) is 4.60. The SMILES string of the molecule is N#Cc1cc(Oc2ccc(NN(C=O)c3ccc4c(c3)OC(F)(F)C(F)(F)O4)c([N+](=O)[O-])c2)ccn1. The number of ether oxygens (including phenoxy) is 3. The van der Waals surface area contributed by atoms with Crippen molar-refractivity contribution in [1.29, 1.82) is 5.26 Å². The average molecular weight is 505 g/mol. The van der Waals surface area contributed by atoms with Crippen molar-refractivity contribution in [2.24, 2.45) is 0 Å². The predicted molar refractivity (Wildman–Crippen MR) is 112 cm³/mol. The van der Waals surface area contributed by atoms with Crippen LogP contribution in [0.5, 0.6) is 23.0 Å². The second kappa shape index (κ2) is 8.91. The van der Waals surface area contributed by atoms with Crippen LogP contribution in [0.4, 0.5) is 34.6 Å². The first kappa shape index (κ1) is 24.0. The van der Waals surface area contributed by atoms with E-state index in [4.69, 9.17) is 10.00 Å². The van der Waals surface area contributed by atoms with Crippen molar-refractivity contribution < 1.29 is 41.5 Å². The second-order valence-electron chi connectivity index (χ2n) is 6.98. The molecule has 1 aromatic heterocycles. The molecule has 0 spiro atoms. The maximum atomic E-state index is 13.5. The molecule has 0 saturated heterocycles. The minimum atomic E-state index is -4.98. The summed E-state index contributed by atoms with van der Waals surface area (Å²) < 4.78 is 67.2. The molecule has 0 fully saturated rings. The number of halogens is 4. The van der Waals surface area contributed by atoms with Crippen molar-refractivity contribution in [3.63, 3.8) is 0 Å². The van der Waals surface area contributed by atoms with Crippen molar-refractivity contribution in [1.82, 2.24) is 4.98 Å². The van der Waals surface area contributed by atoms with Gasteiger partial charge in [0.2, 0.25) is 6.41 Å². The highest BCUT2D eigenvalue weighted by Gasteiger charge is 2.66. The van der Waals surface area contributed by atoms with Crippen molar-refractivity contribution in [3.05, 3.63) is 70.5 Å². The van der Waals surface area contributed by atoms with E-state index in [9.17, 15) is 32.5 Å². The number of rotatable bonds is 7. The smallest absolute Gasteiger partial charge is 0.457 e. The lowest BCUT2D eigenvalue weighted by Crippen LogP contribution is -2.52. The van der Waals surface area contributed by atoms with E-state index >= 15 is 0 Å². The third-order valence-electron chi connectivity index (χ3n) is 4.61. The number of nitrogens with one attached hydrogen (secondary N) is 1. The summed E-state index contributed by atoms with van der Waals surface area (Å²) in [5.41, 5.74) is 1.54. The molecule has 3 aromatic rings. The Bertz CT molecular complexity index is 1400. The minimum Gasteiger partial charge on any atom is -0.457 e. The molecule has 1 aliphatic heterocycles. The van der Waals surface area contributed by atoms with E-state index in [1.165, 1.54) is 30.5 Å². The van der Waals surface area contributed by atoms with Crippen molar-refractivity contribution in [2.45, 2.75) is 12.2 Å². The first-order valence-corrected chi connectivity index (χ1v) is 9.64. The number of hydrogen-bond donors (Lipinski definition) is 1. The summed E-state index contributed by atoms with van der Waals surface area (Å²) in [7, 11) is 0. The normalized spacial score (nSPS) is 14.8. The van der Waals surface area contributed by atoms with Gasteiger partial charge in [0, 0.05) is 18.3 Å². The van der Waals surface area contributed by atoms with Crippen LogP contribution in [0.1, 0.15) is 5.69 Å². The minimum absolute atomic E-state index is 0.0162. The van der Waals surface area contributed by atoms with Crippen LogP contribution in [-0.4, -0.2) is 28.5 Å². The molecule has 1 amide bonds. The van der Waals surface area contributed by atoms with E-state index in [1.54, 1.807) is 0 Å². The van der Waals surface area contributed by atoms with Crippen LogP contribution in [0.3, 0.4) is 0 Å². The Kier molecular flexibility index (Phi) is 5.94. The molecule has 0 bridgehead atoms. The van der Waals surface area contributed by atoms with E-state index in [-0.39, 0.29) is 35.0 Å². The van der Waals surface area contributed by atoms with Crippen LogP contribution in [-0.2, 0) is 4.79 Å². The summed E-state index contributed by atoms with van der Waals surface area (Å²) in [6, 6.07) is 10.8. The van der Waals surface area contributed by atoms with Gasteiger partial charge in [-0.15, -0.1) is 0 Å². The molecule has 0 atom stereocenters. The van der Waals surface area contributed by atoms with Gasteiger partial charge in [-0.2, -0.15) is 22.8 Å². The number of nitro benzene ring substituents is 1. The lowest BCUT2D eigenvalue weighted by molar-refractivity contribution is -0.391. The molecule has 2 heterocycles. The molecule has 1 aliphatic rings. The number of aromatic nitrogens is 1. The Labute approximate surface area is 198 Å². The highest BCUT2D eigenvalue weighted by molar-refractivity contribution is 5.82. The molecule has 0 saturated carbocycles. The molecule has 4 rings (SSSR count). The lowest BCUT2D eigenvalue weighted by atomic mass is 10.2. The molecule has 2 aromatic carbocycles. The van der Waals surface area contributed by atoms with Gasteiger partial charge in [0.05, 0.1) is 16.7 Å². The van der Waals surface area contributed by atoms with E-state index in [0.717, 1.165) is 24.3 Å². The fourth-order valence-corrected chi connectivity index (χ4v) is 2.98. The Balaban J connectivity index is 1.60. The topological polar surface area (TPSA) is 140 Å². The van der Waals surface area contributed by atoms with Gasteiger partial charge in [-0.1, -0.05) is 0 Å². The Morgan fingerprint density at radius 1 is 1.06 bits per heavy atom. The number of anilines is 2. The molecule has 0 radical (unpaired) electrons. The second-order valence-corrected chi connectivity index (χ2v) is 6.98. The van der Waals surface area contributed by atoms with Crippen LogP contribution in [0.25, 0.3) is 0 Å². The number of pyridine rings is 1. The van der Waals surface area contributed by atoms with Gasteiger partial charge < -0.3 is 14.2 Å². The van der Waals surface area contributed by atoms with Crippen LogP contribution in [0.2, 0.25) is 0 Å². The van der Waals surface area contributed by atoms with E-state index in [0.29, 0.717) is 5.01 Å². The summed E-state index contributed by atoms with van der Waals surface area (Å²) in [6.07, 6.45) is -8.42. The summed E-state index contributed by atoms with van der Waals surface area (Å²) in [5.74, 6) is -1.29. The summed E-state index contributed by atoms with van der Waals surface area (Å²) >= 11 is 0. The molecule has 36 heavy (non-hydrogen) atoms. The van der Waals surface area contributed by atoms with Crippen LogP contribution < -0.4 is 24.6 Å². The number of benzene rings is 2. The van der Waals surface area contributed by atoms with E-state index in [2.05, 4.69) is 19.9 Å². The highest BCUT2D eigenvalue weighted by Crippen LogP contribution is 2.48. The van der Waals surface area contributed by atoms with Gasteiger partial charge in [0.15, 0.2) is 11.5 Å². The van der Waals surface area contributed by atoms with Crippen molar-refractivity contribution >= 4 is 23.5 Å². The number of hydrogen-bond acceptors (Lipinski definition) is 9. The Hall–Kier alpha value is -5.13. The number of carbonyl (C=O) groups excluding carboxylic acids is 1. The lowest BCUT2D eigenvalue weighted by Gasteiger charge is -2.32. The molecule has 11 nitrogen and oxygen atoms in total. The van der Waals surface area contributed by atoms with Gasteiger partial charge in [-0.05, 0) is 30.3 Å². The first-order chi connectivity index (χ1) is 17.0.